The van der Waals surface area contributed by atoms with Gasteiger partial charge in [0, 0.05) is 6.08 Å². The van der Waals surface area contributed by atoms with E-state index in [1.807, 2.05) is 18.2 Å². The maximum atomic E-state index is 8.43. The molecule has 0 bridgehead atoms. The summed E-state index contributed by atoms with van der Waals surface area (Å²) >= 11 is 0. The van der Waals surface area contributed by atoms with Crippen LogP contribution in [0.15, 0.2) is 36.5 Å². The molecule has 0 spiro atoms. The van der Waals surface area contributed by atoms with Crippen molar-refractivity contribution in [2.45, 2.75) is 77.6 Å². The van der Waals surface area contributed by atoms with Crippen LogP contribution >= 0.6 is 0 Å². The molecule has 2 aliphatic carbocycles. The van der Waals surface area contributed by atoms with Crippen LogP contribution in [0.1, 0.15) is 77.6 Å². The lowest BCUT2D eigenvalue weighted by atomic mass is 9.78. The predicted molar refractivity (Wildman–Crippen MR) is 103 cm³/mol. The SMILES string of the molecule is CCC1CCC(/C=C/C2CCC(CC/C=C/C=C/C#N)CC2)CC1. The molecule has 1 nitrogen and oxygen atoms in total. The minimum Gasteiger partial charge on any atom is -0.193 e. The zero-order valence-electron chi connectivity index (χ0n) is 15.5. The molecule has 132 valence electrons. The van der Waals surface area contributed by atoms with E-state index in [1.54, 1.807) is 0 Å². The van der Waals surface area contributed by atoms with E-state index in [1.165, 1.54) is 70.3 Å². The second-order valence-electron chi connectivity index (χ2n) is 7.85. The van der Waals surface area contributed by atoms with Crippen molar-refractivity contribution in [2.75, 3.05) is 0 Å². The van der Waals surface area contributed by atoms with Gasteiger partial charge in [0.15, 0.2) is 0 Å². The predicted octanol–water partition coefficient (Wildman–Crippen LogP) is 6.98. The maximum absolute atomic E-state index is 8.43. The van der Waals surface area contributed by atoms with Crippen molar-refractivity contribution < 1.29 is 0 Å². The van der Waals surface area contributed by atoms with Gasteiger partial charge in [-0.2, -0.15) is 5.26 Å². The van der Waals surface area contributed by atoms with Crippen LogP contribution < -0.4 is 0 Å². The first-order chi connectivity index (χ1) is 11.8. The van der Waals surface area contributed by atoms with Crippen LogP contribution in [0.4, 0.5) is 0 Å². The van der Waals surface area contributed by atoms with E-state index in [4.69, 9.17) is 5.26 Å². The van der Waals surface area contributed by atoms with E-state index in [0.29, 0.717) is 0 Å². The Hall–Kier alpha value is -1.29. The second-order valence-corrected chi connectivity index (χ2v) is 7.85. The Morgan fingerprint density at radius 3 is 1.96 bits per heavy atom. The average molecular weight is 326 g/mol. The van der Waals surface area contributed by atoms with Crippen molar-refractivity contribution >= 4 is 0 Å². The third-order valence-corrected chi connectivity index (χ3v) is 6.18. The fourth-order valence-corrected chi connectivity index (χ4v) is 4.38. The van der Waals surface area contributed by atoms with Crippen molar-refractivity contribution in [1.29, 1.82) is 5.26 Å². The van der Waals surface area contributed by atoms with Crippen LogP contribution in [0.25, 0.3) is 0 Å². The largest absolute Gasteiger partial charge is 0.193 e. The maximum Gasteiger partial charge on any atom is 0.0912 e. The zero-order chi connectivity index (χ0) is 17.0. The first-order valence-electron chi connectivity index (χ1n) is 10.2. The lowest BCUT2D eigenvalue weighted by Crippen LogP contribution is -2.14. The normalized spacial score (nSPS) is 31.8. The number of hydrogen-bond acceptors (Lipinski definition) is 1. The lowest BCUT2D eigenvalue weighted by Gasteiger charge is -2.28. The van der Waals surface area contributed by atoms with E-state index >= 15 is 0 Å². The van der Waals surface area contributed by atoms with E-state index < -0.39 is 0 Å². The minimum absolute atomic E-state index is 0.847. The van der Waals surface area contributed by atoms with Gasteiger partial charge in [0.2, 0.25) is 0 Å². The Labute approximate surface area is 149 Å². The molecule has 2 rings (SSSR count). The zero-order valence-corrected chi connectivity index (χ0v) is 15.5. The average Bonchev–Trinajstić information content (AvgIpc) is 2.64. The van der Waals surface area contributed by atoms with Crippen molar-refractivity contribution in [1.82, 2.24) is 0 Å². The van der Waals surface area contributed by atoms with Gasteiger partial charge in [-0.05, 0) is 87.9 Å². The summed E-state index contributed by atoms with van der Waals surface area (Å²) < 4.78 is 0. The second kappa shape index (κ2) is 11.3. The fourth-order valence-electron chi connectivity index (χ4n) is 4.38. The highest BCUT2D eigenvalue weighted by Crippen LogP contribution is 2.35. The third kappa shape index (κ3) is 7.08. The molecule has 2 aliphatic rings. The number of nitriles is 1. The summed E-state index contributed by atoms with van der Waals surface area (Å²) in [6.07, 6.45) is 27.9. The molecule has 0 aromatic rings. The molecule has 0 atom stereocenters. The van der Waals surface area contributed by atoms with Crippen LogP contribution in [0, 0.1) is 35.0 Å². The molecule has 0 heterocycles. The number of rotatable bonds is 7. The van der Waals surface area contributed by atoms with Gasteiger partial charge >= 0.3 is 0 Å². The molecule has 0 radical (unpaired) electrons. The summed E-state index contributed by atoms with van der Waals surface area (Å²) in [6, 6.07) is 2.02. The third-order valence-electron chi connectivity index (χ3n) is 6.18. The lowest BCUT2D eigenvalue weighted by molar-refractivity contribution is 0.290. The summed E-state index contributed by atoms with van der Waals surface area (Å²) in [6.45, 7) is 2.35. The number of nitrogens with zero attached hydrogens (tertiary/aromatic N) is 1. The highest BCUT2D eigenvalue weighted by molar-refractivity contribution is 5.11. The molecule has 1 heteroatoms. The number of allylic oxidation sites excluding steroid dienone is 6. The Morgan fingerprint density at radius 2 is 1.42 bits per heavy atom. The molecule has 0 unspecified atom stereocenters. The van der Waals surface area contributed by atoms with Gasteiger partial charge in [-0.3, -0.25) is 0 Å². The Bertz CT molecular complexity index is 449. The van der Waals surface area contributed by atoms with Crippen molar-refractivity contribution in [2.24, 2.45) is 23.7 Å². The molecule has 24 heavy (non-hydrogen) atoms. The molecule has 0 aromatic heterocycles. The van der Waals surface area contributed by atoms with Crippen molar-refractivity contribution in [3.63, 3.8) is 0 Å². The Kier molecular flexibility index (Phi) is 8.96. The molecule has 0 aromatic carbocycles. The van der Waals surface area contributed by atoms with E-state index in [2.05, 4.69) is 25.2 Å². The van der Waals surface area contributed by atoms with Crippen LogP contribution in [0.2, 0.25) is 0 Å². The highest BCUT2D eigenvalue weighted by Gasteiger charge is 2.21. The van der Waals surface area contributed by atoms with Crippen LogP contribution in [0.5, 0.6) is 0 Å². The monoisotopic (exact) mass is 325 g/mol. The summed E-state index contributed by atoms with van der Waals surface area (Å²) in [5.41, 5.74) is 0. The van der Waals surface area contributed by atoms with Crippen molar-refractivity contribution in [3.05, 3.63) is 36.5 Å². The van der Waals surface area contributed by atoms with Crippen LogP contribution in [-0.4, -0.2) is 0 Å². The standard InChI is InChI=1S/C23H35N/c1-2-20-9-11-22(12-10-20)17-18-23-15-13-21(14-16-23)8-6-4-3-5-7-19-24/h3-5,7,17-18,20-23H,2,6,8-16H2,1H3/b4-3+,7-5+,18-17+. The first kappa shape index (κ1) is 19.0. The Balaban J connectivity index is 1.59. The smallest absolute Gasteiger partial charge is 0.0912 e. The molecule has 0 aliphatic heterocycles. The van der Waals surface area contributed by atoms with Gasteiger partial charge < -0.3 is 0 Å². The molecule has 2 saturated carbocycles. The Morgan fingerprint density at radius 1 is 0.833 bits per heavy atom. The van der Waals surface area contributed by atoms with Gasteiger partial charge in [-0.15, -0.1) is 0 Å². The van der Waals surface area contributed by atoms with Gasteiger partial charge in [0.05, 0.1) is 6.07 Å². The van der Waals surface area contributed by atoms with Gasteiger partial charge in [-0.1, -0.05) is 43.7 Å². The summed E-state index contributed by atoms with van der Waals surface area (Å²) in [5, 5.41) is 8.43. The topological polar surface area (TPSA) is 23.8 Å². The summed E-state index contributed by atoms with van der Waals surface area (Å²) in [5.74, 6) is 3.64. The van der Waals surface area contributed by atoms with E-state index in [9.17, 15) is 0 Å². The fraction of sp³-hybridized carbons (Fsp3) is 0.696. The molecule has 2 fully saturated rings. The number of hydrogen-bond donors (Lipinski definition) is 0. The van der Waals surface area contributed by atoms with Crippen LogP contribution in [-0.2, 0) is 0 Å². The minimum atomic E-state index is 0.847. The molecular formula is C23H35N. The molecular weight excluding hydrogens is 290 g/mol. The first-order valence-corrected chi connectivity index (χ1v) is 10.2. The highest BCUT2D eigenvalue weighted by atomic mass is 14.3. The van der Waals surface area contributed by atoms with Crippen molar-refractivity contribution in [3.8, 4) is 6.07 Å². The molecule has 0 amide bonds. The molecule has 0 N–H and O–H groups in total. The van der Waals surface area contributed by atoms with Gasteiger partial charge in [-0.25, -0.2) is 0 Å². The van der Waals surface area contributed by atoms with Gasteiger partial charge in [0.25, 0.3) is 0 Å². The summed E-state index contributed by atoms with van der Waals surface area (Å²) in [7, 11) is 0. The quantitative estimate of drug-likeness (QED) is 0.281. The van der Waals surface area contributed by atoms with E-state index in [-0.39, 0.29) is 0 Å². The summed E-state index contributed by atoms with van der Waals surface area (Å²) in [4.78, 5) is 0. The van der Waals surface area contributed by atoms with Gasteiger partial charge in [0.1, 0.15) is 0 Å². The van der Waals surface area contributed by atoms with E-state index in [0.717, 1.165) is 30.1 Å². The molecule has 0 saturated heterocycles. The van der Waals surface area contributed by atoms with Crippen LogP contribution in [0.3, 0.4) is 0 Å².